The van der Waals surface area contributed by atoms with E-state index in [-0.39, 0.29) is 24.3 Å². The van der Waals surface area contributed by atoms with Gasteiger partial charge >= 0.3 is 5.97 Å². The van der Waals surface area contributed by atoms with Crippen molar-refractivity contribution >= 4 is 11.9 Å². The van der Waals surface area contributed by atoms with Crippen LogP contribution in [0.5, 0.6) is 5.75 Å². The third-order valence-corrected chi connectivity index (χ3v) is 3.88. The zero-order valence-electron chi connectivity index (χ0n) is 14.2. The molecule has 1 fully saturated rings. The van der Waals surface area contributed by atoms with Crippen molar-refractivity contribution in [1.29, 1.82) is 0 Å². The summed E-state index contributed by atoms with van der Waals surface area (Å²) in [5.74, 6) is -0.813. The van der Waals surface area contributed by atoms with E-state index >= 15 is 0 Å². The summed E-state index contributed by atoms with van der Waals surface area (Å²) >= 11 is 0. The Morgan fingerprint density at radius 3 is 2.83 bits per heavy atom. The SMILES string of the molecule is CC(C)Oc1cccc(CC(=O)NC(C(=O)O)C2CCCOC2)c1. The van der Waals surface area contributed by atoms with E-state index in [0.717, 1.165) is 18.4 Å². The molecule has 0 aliphatic carbocycles. The first-order chi connectivity index (χ1) is 11.5. The highest BCUT2D eigenvalue weighted by atomic mass is 16.5. The summed E-state index contributed by atoms with van der Waals surface area (Å²) in [7, 11) is 0. The van der Waals surface area contributed by atoms with Crippen molar-refractivity contribution < 1.29 is 24.2 Å². The Morgan fingerprint density at radius 1 is 1.42 bits per heavy atom. The molecule has 0 bridgehead atoms. The van der Waals surface area contributed by atoms with Crippen LogP contribution in [0.4, 0.5) is 0 Å². The number of carbonyl (C=O) groups excluding carboxylic acids is 1. The number of ether oxygens (including phenoxy) is 2. The molecule has 0 radical (unpaired) electrons. The molecule has 1 amide bonds. The Labute approximate surface area is 142 Å². The number of carbonyl (C=O) groups is 2. The number of benzene rings is 1. The van der Waals surface area contributed by atoms with Crippen LogP contribution >= 0.6 is 0 Å². The molecule has 1 saturated heterocycles. The van der Waals surface area contributed by atoms with Gasteiger partial charge in [0.05, 0.1) is 19.1 Å². The van der Waals surface area contributed by atoms with Gasteiger partial charge in [-0.2, -0.15) is 0 Å². The van der Waals surface area contributed by atoms with Gasteiger partial charge in [0.1, 0.15) is 11.8 Å². The second-order valence-electron chi connectivity index (χ2n) is 6.35. The van der Waals surface area contributed by atoms with Crippen LogP contribution in [0, 0.1) is 5.92 Å². The molecule has 0 aromatic heterocycles. The summed E-state index contributed by atoms with van der Waals surface area (Å²) < 4.78 is 10.9. The van der Waals surface area contributed by atoms with E-state index in [1.165, 1.54) is 0 Å². The summed E-state index contributed by atoms with van der Waals surface area (Å²) in [4.78, 5) is 23.7. The molecule has 6 nitrogen and oxygen atoms in total. The predicted molar refractivity (Wildman–Crippen MR) is 89.0 cm³/mol. The lowest BCUT2D eigenvalue weighted by Gasteiger charge is -2.28. The number of hydrogen-bond donors (Lipinski definition) is 2. The quantitative estimate of drug-likeness (QED) is 0.796. The molecule has 0 spiro atoms. The molecule has 2 atom stereocenters. The monoisotopic (exact) mass is 335 g/mol. The number of carboxylic acids is 1. The molecule has 0 saturated carbocycles. The molecule has 1 aliphatic rings. The van der Waals surface area contributed by atoms with Gasteiger partial charge in [-0.25, -0.2) is 4.79 Å². The van der Waals surface area contributed by atoms with Gasteiger partial charge in [0.25, 0.3) is 0 Å². The van der Waals surface area contributed by atoms with Crippen LogP contribution in [0.15, 0.2) is 24.3 Å². The minimum absolute atomic E-state index is 0.0526. The summed E-state index contributed by atoms with van der Waals surface area (Å²) in [5, 5.41) is 12.0. The van der Waals surface area contributed by atoms with Gasteiger partial charge in [-0.3, -0.25) is 4.79 Å². The molecule has 2 N–H and O–H groups in total. The van der Waals surface area contributed by atoms with Crippen molar-refractivity contribution in [3.8, 4) is 5.75 Å². The van der Waals surface area contributed by atoms with E-state index in [0.29, 0.717) is 19.0 Å². The fraction of sp³-hybridized carbons (Fsp3) is 0.556. The van der Waals surface area contributed by atoms with Gasteiger partial charge in [-0.15, -0.1) is 0 Å². The summed E-state index contributed by atoms with van der Waals surface area (Å²) in [6, 6.07) is 6.38. The number of rotatable bonds is 7. The molecular formula is C18H25NO5. The lowest BCUT2D eigenvalue weighted by molar-refractivity contribution is -0.145. The van der Waals surface area contributed by atoms with E-state index < -0.39 is 12.0 Å². The fourth-order valence-corrected chi connectivity index (χ4v) is 2.82. The van der Waals surface area contributed by atoms with Crippen LogP contribution in [0.2, 0.25) is 0 Å². The molecular weight excluding hydrogens is 310 g/mol. The lowest BCUT2D eigenvalue weighted by Crippen LogP contribution is -2.48. The molecule has 2 rings (SSSR count). The fourth-order valence-electron chi connectivity index (χ4n) is 2.82. The maximum atomic E-state index is 12.2. The number of nitrogens with one attached hydrogen (secondary N) is 1. The average Bonchev–Trinajstić information content (AvgIpc) is 2.53. The van der Waals surface area contributed by atoms with Crippen molar-refractivity contribution in [2.45, 2.75) is 45.3 Å². The normalized spacial score (nSPS) is 18.9. The smallest absolute Gasteiger partial charge is 0.326 e. The molecule has 2 unspecified atom stereocenters. The maximum absolute atomic E-state index is 12.2. The van der Waals surface area contributed by atoms with Gasteiger partial charge < -0.3 is 19.9 Å². The Morgan fingerprint density at radius 2 is 2.21 bits per heavy atom. The second-order valence-corrected chi connectivity index (χ2v) is 6.35. The third-order valence-electron chi connectivity index (χ3n) is 3.88. The third kappa shape index (κ3) is 5.53. The number of aliphatic carboxylic acids is 1. The second kappa shape index (κ2) is 8.68. The van der Waals surface area contributed by atoms with Crippen LogP contribution in [-0.4, -0.2) is 42.3 Å². The highest BCUT2D eigenvalue weighted by Gasteiger charge is 2.31. The van der Waals surface area contributed by atoms with Gasteiger partial charge in [0.2, 0.25) is 5.91 Å². The van der Waals surface area contributed by atoms with Crippen LogP contribution in [0.25, 0.3) is 0 Å². The largest absolute Gasteiger partial charge is 0.491 e. The first kappa shape index (κ1) is 18.3. The van der Waals surface area contributed by atoms with E-state index in [9.17, 15) is 14.7 Å². The summed E-state index contributed by atoms with van der Waals surface area (Å²) in [6.07, 6.45) is 1.73. The Kier molecular flexibility index (Phi) is 6.61. The zero-order valence-corrected chi connectivity index (χ0v) is 14.2. The first-order valence-corrected chi connectivity index (χ1v) is 8.31. The van der Waals surface area contributed by atoms with E-state index in [2.05, 4.69) is 5.32 Å². The van der Waals surface area contributed by atoms with Crippen molar-refractivity contribution in [3.05, 3.63) is 29.8 Å². The number of hydrogen-bond acceptors (Lipinski definition) is 4. The first-order valence-electron chi connectivity index (χ1n) is 8.31. The van der Waals surface area contributed by atoms with E-state index in [4.69, 9.17) is 9.47 Å². The van der Waals surface area contributed by atoms with Crippen LogP contribution < -0.4 is 10.1 Å². The Bertz CT molecular complexity index is 566. The van der Waals surface area contributed by atoms with Gasteiger partial charge in [-0.05, 0) is 44.4 Å². The Balaban J connectivity index is 1.96. The minimum atomic E-state index is -1.02. The topological polar surface area (TPSA) is 84.9 Å². The zero-order chi connectivity index (χ0) is 17.5. The maximum Gasteiger partial charge on any atom is 0.326 e. The standard InChI is InChI=1S/C18H25NO5/c1-12(2)24-15-7-3-5-13(9-15)10-16(20)19-17(18(21)22)14-6-4-8-23-11-14/h3,5,7,9,12,14,17H,4,6,8,10-11H2,1-2H3,(H,19,20)(H,21,22). The molecule has 1 aliphatic heterocycles. The highest BCUT2D eigenvalue weighted by molar-refractivity contribution is 5.85. The van der Waals surface area contributed by atoms with Crippen molar-refractivity contribution in [3.63, 3.8) is 0 Å². The van der Waals surface area contributed by atoms with E-state index in [1.807, 2.05) is 32.0 Å². The van der Waals surface area contributed by atoms with Crippen LogP contribution in [-0.2, 0) is 20.7 Å². The molecule has 1 aromatic rings. The minimum Gasteiger partial charge on any atom is -0.491 e. The van der Waals surface area contributed by atoms with Gasteiger partial charge in [0, 0.05) is 12.5 Å². The van der Waals surface area contributed by atoms with Crippen molar-refractivity contribution in [2.24, 2.45) is 5.92 Å². The van der Waals surface area contributed by atoms with Gasteiger partial charge in [-0.1, -0.05) is 12.1 Å². The molecule has 6 heteroatoms. The number of amides is 1. The highest BCUT2D eigenvalue weighted by Crippen LogP contribution is 2.19. The summed E-state index contributed by atoms with van der Waals surface area (Å²) in [6.45, 7) is 4.89. The Hall–Kier alpha value is -2.08. The van der Waals surface area contributed by atoms with Crippen molar-refractivity contribution in [2.75, 3.05) is 13.2 Å². The molecule has 1 aromatic carbocycles. The molecule has 1 heterocycles. The average molecular weight is 335 g/mol. The number of carboxylic acid groups (broad SMARTS) is 1. The summed E-state index contributed by atoms with van der Waals surface area (Å²) in [5.41, 5.74) is 0.787. The predicted octanol–water partition coefficient (Wildman–Crippen LogP) is 2.01. The van der Waals surface area contributed by atoms with Crippen molar-refractivity contribution in [1.82, 2.24) is 5.32 Å². The lowest BCUT2D eigenvalue weighted by atomic mass is 9.93. The van der Waals surface area contributed by atoms with Crippen LogP contribution in [0.3, 0.4) is 0 Å². The molecule has 132 valence electrons. The van der Waals surface area contributed by atoms with Crippen LogP contribution in [0.1, 0.15) is 32.3 Å². The molecule has 24 heavy (non-hydrogen) atoms. The van der Waals surface area contributed by atoms with Gasteiger partial charge in [0.15, 0.2) is 0 Å². The van der Waals surface area contributed by atoms with E-state index in [1.54, 1.807) is 6.07 Å².